The first-order valence-electron chi connectivity index (χ1n) is 15.3. The van der Waals surface area contributed by atoms with E-state index >= 15 is 0 Å². The maximum atomic E-state index is 12.5. The summed E-state index contributed by atoms with van der Waals surface area (Å²) in [5.41, 5.74) is 4.81. The van der Waals surface area contributed by atoms with Crippen molar-refractivity contribution in [3.8, 4) is 0 Å². The van der Waals surface area contributed by atoms with Gasteiger partial charge in [0.15, 0.2) is 0 Å². The fraction of sp³-hybridized carbons (Fsp3) is 0.417. The summed E-state index contributed by atoms with van der Waals surface area (Å²) in [7, 11) is 0. The van der Waals surface area contributed by atoms with E-state index in [9.17, 15) is 9.90 Å². The molecule has 0 saturated carbocycles. The van der Waals surface area contributed by atoms with E-state index in [2.05, 4.69) is 88.9 Å². The average molecular weight is 552 g/mol. The number of carboxylic acids is 1. The van der Waals surface area contributed by atoms with Crippen LogP contribution in [-0.2, 0) is 11.2 Å². The standard InChI is InChI=1S/C36H45N3O2/c1-3-39(28(2)19-20-29-13-7-4-8-14-29)33-21-23-37(24-22-33)25-32-26-38(27-34(32)30-15-9-5-10-16-30)35(36(40)41)31-17-11-6-12-18-31/h4-18,32-35H,2-3,19-27H2,1H3,(H,40,41). The first-order valence-corrected chi connectivity index (χ1v) is 15.3. The van der Waals surface area contributed by atoms with E-state index in [4.69, 9.17) is 0 Å². The molecule has 0 spiro atoms. The molecule has 3 unspecified atom stereocenters. The maximum Gasteiger partial charge on any atom is 0.325 e. The SMILES string of the molecule is C=C(CCc1ccccc1)N(CC)C1CCN(CC2CN(C(C(=O)O)c3ccccc3)CC2c2ccccc2)CC1. The highest BCUT2D eigenvalue weighted by Crippen LogP contribution is 2.38. The molecule has 0 amide bonds. The molecule has 2 aliphatic rings. The van der Waals surface area contributed by atoms with Gasteiger partial charge in [-0.25, -0.2) is 0 Å². The Morgan fingerprint density at radius 1 is 0.927 bits per heavy atom. The van der Waals surface area contributed by atoms with Crippen LogP contribution in [0, 0.1) is 5.92 Å². The molecule has 2 fully saturated rings. The van der Waals surface area contributed by atoms with Crippen LogP contribution in [0.5, 0.6) is 0 Å². The zero-order chi connectivity index (χ0) is 28.6. The second-order valence-corrected chi connectivity index (χ2v) is 11.8. The van der Waals surface area contributed by atoms with Crippen LogP contribution in [0.4, 0.5) is 0 Å². The number of piperidine rings is 1. The molecule has 2 aliphatic heterocycles. The molecule has 3 aromatic carbocycles. The summed E-state index contributed by atoms with van der Waals surface area (Å²) in [5, 5.41) is 10.2. The van der Waals surface area contributed by atoms with Gasteiger partial charge in [0, 0.05) is 56.9 Å². The van der Waals surface area contributed by atoms with Crippen molar-refractivity contribution in [3.63, 3.8) is 0 Å². The van der Waals surface area contributed by atoms with Crippen LogP contribution in [-0.4, -0.2) is 71.1 Å². The van der Waals surface area contributed by atoms with Crippen molar-refractivity contribution in [2.45, 2.75) is 50.6 Å². The molecule has 0 aromatic heterocycles. The number of nitrogens with zero attached hydrogens (tertiary/aromatic N) is 3. The number of aryl methyl sites for hydroxylation is 1. The lowest BCUT2D eigenvalue weighted by molar-refractivity contribution is -0.143. The summed E-state index contributed by atoms with van der Waals surface area (Å²) < 4.78 is 0. The number of hydrogen-bond acceptors (Lipinski definition) is 4. The number of carbonyl (C=O) groups is 1. The minimum atomic E-state index is -0.767. The van der Waals surface area contributed by atoms with Crippen LogP contribution in [0.3, 0.4) is 0 Å². The van der Waals surface area contributed by atoms with Gasteiger partial charge in [-0.15, -0.1) is 0 Å². The normalized spacial score (nSPS) is 21.0. The lowest BCUT2D eigenvalue weighted by Crippen LogP contribution is -2.46. The minimum Gasteiger partial charge on any atom is -0.480 e. The van der Waals surface area contributed by atoms with E-state index in [0.29, 0.717) is 17.9 Å². The van der Waals surface area contributed by atoms with Crippen LogP contribution >= 0.6 is 0 Å². The van der Waals surface area contributed by atoms with Gasteiger partial charge < -0.3 is 14.9 Å². The zero-order valence-corrected chi connectivity index (χ0v) is 24.4. The van der Waals surface area contributed by atoms with E-state index in [-0.39, 0.29) is 0 Å². The summed E-state index contributed by atoms with van der Waals surface area (Å²) in [6, 6.07) is 31.1. The van der Waals surface area contributed by atoms with E-state index < -0.39 is 12.0 Å². The first kappa shape index (κ1) is 29.1. The summed E-state index contributed by atoms with van der Waals surface area (Å²) >= 11 is 0. The molecule has 41 heavy (non-hydrogen) atoms. The second-order valence-electron chi connectivity index (χ2n) is 11.8. The molecule has 216 valence electrons. The Labute approximate surface area is 246 Å². The molecule has 2 saturated heterocycles. The number of hydrogen-bond donors (Lipinski definition) is 1. The highest BCUT2D eigenvalue weighted by Gasteiger charge is 2.41. The van der Waals surface area contributed by atoms with Gasteiger partial charge in [0.1, 0.15) is 6.04 Å². The van der Waals surface area contributed by atoms with Crippen molar-refractivity contribution >= 4 is 5.97 Å². The predicted octanol–water partition coefficient (Wildman–Crippen LogP) is 6.46. The average Bonchev–Trinajstić information content (AvgIpc) is 3.41. The predicted molar refractivity (Wildman–Crippen MR) is 167 cm³/mol. The molecule has 5 heteroatoms. The third-order valence-corrected chi connectivity index (χ3v) is 9.19. The number of aliphatic carboxylic acids is 1. The number of rotatable bonds is 12. The molecule has 1 N–H and O–H groups in total. The smallest absolute Gasteiger partial charge is 0.325 e. The molecular weight excluding hydrogens is 506 g/mol. The number of allylic oxidation sites excluding steroid dienone is 1. The largest absolute Gasteiger partial charge is 0.480 e. The van der Waals surface area contributed by atoms with Crippen LogP contribution in [0.1, 0.15) is 54.8 Å². The van der Waals surface area contributed by atoms with Gasteiger partial charge in [0.25, 0.3) is 0 Å². The summed E-state index contributed by atoms with van der Waals surface area (Å²) in [6.45, 7) is 12.5. The van der Waals surface area contributed by atoms with Gasteiger partial charge in [-0.1, -0.05) is 97.6 Å². The fourth-order valence-corrected chi connectivity index (χ4v) is 7.09. The van der Waals surface area contributed by atoms with Crippen molar-refractivity contribution in [2.75, 3.05) is 39.3 Å². The molecule has 5 rings (SSSR count). The molecule has 0 aliphatic carbocycles. The van der Waals surface area contributed by atoms with Crippen LogP contribution in [0.15, 0.2) is 103 Å². The van der Waals surface area contributed by atoms with Gasteiger partial charge >= 0.3 is 5.97 Å². The molecule has 3 atom stereocenters. The topological polar surface area (TPSA) is 47.0 Å². The third kappa shape index (κ3) is 7.27. The maximum absolute atomic E-state index is 12.5. The third-order valence-electron chi connectivity index (χ3n) is 9.19. The second kappa shape index (κ2) is 14.0. The van der Waals surface area contributed by atoms with Gasteiger partial charge in [0.05, 0.1) is 0 Å². The van der Waals surface area contributed by atoms with Gasteiger partial charge in [0.2, 0.25) is 0 Å². The number of carboxylic acid groups (broad SMARTS) is 1. The molecule has 0 bridgehead atoms. The van der Waals surface area contributed by atoms with E-state index in [1.54, 1.807) is 0 Å². The molecule has 2 heterocycles. The van der Waals surface area contributed by atoms with Gasteiger partial charge in [-0.05, 0) is 55.2 Å². The molecule has 3 aromatic rings. The Morgan fingerprint density at radius 3 is 2.15 bits per heavy atom. The van der Waals surface area contributed by atoms with E-state index in [0.717, 1.165) is 70.5 Å². The fourth-order valence-electron chi connectivity index (χ4n) is 7.09. The lowest BCUT2D eigenvalue weighted by Gasteiger charge is -2.41. The van der Waals surface area contributed by atoms with Crippen LogP contribution in [0.2, 0.25) is 0 Å². The molecular formula is C36H45N3O2. The quantitative estimate of drug-likeness (QED) is 0.280. The molecule has 5 nitrogen and oxygen atoms in total. The Hall–Kier alpha value is -3.41. The molecule has 0 radical (unpaired) electrons. The van der Waals surface area contributed by atoms with Crippen molar-refractivity contribution in [3.05, 3.63) is 120 Å². The summed E-state index contributed by atoms with van der Waals surface area (Å²) in [5.74, 6) is -0.0522. The Bertz CT molecular complexity index is 1240. The van der Waals surface area contributed by atoms with E-state index in [1.165, 1.54) is 16.8 Å². The van der Waals surface area contributed by atoms with E-state index in [1.807, 2.05) is 30.3 Å². The van der Waals surface area contributed by atoms with Crippen LogP contribution in [0.25, 0.3) is 0 Å². The first-order chi connectivity index (χ1) is 20.0. The van der Waals surface area contributed by atoms with Crippen molar-refractivity contribution in [2.24, 2.45) is 5.92 Å². The minimum absolute atomic E-state index is 0.324. The number of benzene rings is 3. The van der Waals surface area contributed by atoms with Gasteiger partial charge in [-0.2, -0.15) is 0 Å². The van der Waals surface area contributed by atoms with Gasteiger partial charge in [-0.3, -0.25) is 9.69 Å². The van der Waals surface area contributed by atoms with Crippen molar-refractivity contribution < 1.29 is 9.90 Å². The number of likely N-dealkylation sites (tertiary alicyclic amines) is 2. The highest BCUT2D eigenvalue weighted by atomic mass is 16.4. The Balaban J connectivity index is 1.22. The zero-order valence-electron chi connectivity index (χ0n) is 24.4. The van der Waals surface area contributed by atoms with Crippen LogP contribution < -0.4 is 0 Å². The van der Waals surface area contributed by atoms with Crippen molar-refractivity contribution in [1.29, 1.82) is 0 Å². The Morgan fingerprint density at radius 2 is 1.54 bits per heavy atom. The van der Waals surface area contributed by atoms with Crippen molar-refractivity contribution in [1.82, 2.24) is 14.7 Å². The summed E-state index contributed by atoms with van der Waals surface area (Å²) in [4.78, 5) is 19.8. The monoisotopic (exact) mass is 551 g/mol. The highest BCUT2D eigenvalue weighted by molar-refractivity contribution is 5.75. The Kier molecular flexibility index (Phi) is 9.92. The lowest BCUT2D eigenvalue weighted by atomic mass is 9.88. The summed E-state index contributed by atoms with van der Waals surface area (Å²) in [6.07, 6.45) is 4.33.